The average Bonchev–Trinajstić information content (AvgIpc) is 2.74. The molecule has 0 fully saturated rings. The molecule has 2 aromatic heterocycles. The van der Waals surface area contributed by atoms with Crippen LogP contribution in [-0.2, 0) is 13.0 Å². The van der Waals surface area contributed by atoms with Gasteiger partial charge in [0.1, 0.15) is 11.5 Å². The van der Waals surface area contributed by atoms with Gasteiger partial charge in [0.05, 0.1) is 11.9 Å². The Kier molecular flexibility index (Phi) is 2.09. The minimum Gasteiger partial charge on any atom is -0.397 e. The maximum Gasteiger partial charge on any atom is 0.182 e. The lowest BCUT2D eigenvalue weighted by Gasteiger charge is -2.14. The molecule has 2 N–H and O–H groups in total. The van der Waals surface area contributed by atoms with Gasteiger partial charge in [0.25, 0.3) is 0 Å². The third-order valence-corrected chi connectivity index (χ3v) is 2.87. The predicted octanol–water partition coefficient (Wildman–Crippen LogP) is 1.26. The van der Waals surface area contributed by atoms with E-state index in [1.54, 1.807) is 6.20 Å². The van der Waals surface area contributed by atoms with Crippen LogP contribution in [-0.4, -0.2) is 19.7 Å². The zero-order valence-corrected chi connectivity index (χ0v) is 8.93. The van der Waals surface area contributed by atoms with Crippen LogP contribution in [0.5, 0.6) is 0 Å². The Morgan fingerprint density at radius 1 is 1.19 bits per heavy atom. The first-order chi connectivity index (χ1) is 7.84. The van der Waals surface area contributed by atoms with Gasteiger partial charge in [0, 0.05) is 13.0 Å². The van der Waals surface area contributed by atoms with Crippen LogP contribution >= 0.6 is 0 Å². The van der Waals surface area contributed by atoms with E-state index < -0.39 is 0 Å². The molecule has 0 saturated carbocycles. The first-order valence-electron chi connectivity index (χ1n) is 5.48. The Morgan fingerprint density at radius 3 is 2.94 bits per heavy atom. The molecule has 0 bridgehead atoms. The summed E-state index contributed by atoms with van der Waals surface area (Å²) in [5, 5.41) is 8.40. The summed E-state index contributed by atoms with van der Waals surface area (Å²) in [6.45, 7) is 0.990. The lowest BCUT2D eigenvalue weighted by Crippen LogP contribution is -2.11. The first-order valence-corrected chi connectivity index (χ1v) is 5.48. The smallest absolute Gasteiger partial charge is 0.182 e. The highest BCUT2D eigenvalue weighted by Gasteiger charge is 2.17. The number of anilines is 1. The molecule has 1 aliphatic rings. The van der Waals surface area contributed by atoms with Crippen LogP contribution in [0.4, 0.5) is 5.69 Å². The highest BCUT2D eigenvalue weighted by molar-refractivity contribution is 5.52. The summed E-state index contributed by atoms with van der Waals surface area (Å²) < 4.78 is 2.15. The lowest BCUT2D eigenvalue weighted by atomic mass is 10.1. The fraction of sp³-hybridized carbons (Fsp3) is 0.364. The van der Waals surface area contributed by atoms with Gasteiger partial charge in [-0.15, -0.1) is 10.2 Å². The van der Waals surface area contributed by atoms with Gasteiger partial charge < -0.3 is 10.3 Å². The molecule has 0 aromatic carbocycles. The van der Waals surface area contributed by atoms with Crippen LogP contribution in [0.25, 0.3) is 11.5 Å². The highest BCUT2D eigenvalue weighted by Crippen LogP contribution is 2.21. The maximum absolute atomic E-state index is 5.61. The van der Waals surface area contributed by atoms with Gasteiger partial charge in [0.2, 0.25) is 0 Å². The molecule has 0 aliphatic carbocycles. The molecule has 5 nitrogen and oxygen atoms in total. The number of nitrogen functional groups attached to an aromatic ring is 1. The summed E-state index contributed by atoms with van der Waals surface area (Å²) in [5.74, 6) is 1.93. The van der Waals surface area contributed by atoms with E-state index in [0.29, 0.717) is 5.69 Å². The van der Waals surface area contributed by atoms with E-state index in [-0.39, 0.29) is 0 Å². The second-order valence-corrected chi connectivity index (χ2v) is 4.03. The van der Waals surface area contributed by atoms with Crippen LogP contribution in [0.2, 0.25) is 0 Å². The Morgan fingerprint density at radius 2 is 2.12 bits per heavy atom. The number of rotatable bonds is 1. The molecule has 0 spiro atoms. The van der Waals surface area contributed by atoms with Crippen LogP contribution in [0, 0.1) is 0 Å². The standard InChI is InChI=1S/C11H13N5/c12-8-4-5-9(13-7-8)11-15-14-10-3-1-2-6-16(10)11/h4-5,7H,1-3,6,12H2. The normalized spacial score (nSPS) is 14.8. The minimum absolute atomic E-state index is 0.669. The van der Waals surface area contributed by atoms with Crippen molar-refractivity contribution in [1.82, 2.24) is 19.7 Å². The lowest BCUT2D eigenvalue weighted by molar-refractivity contribution is 0.525. The Balaban J connectivity index is 2.06. The van der Waals surface area contributed by atoms with Crippen molar-refractivity contribution in [3.8, 4) is 11.5 Å². The quantitative estimate of drug-likeness (QED) is 0.777. The highest BCUT2D eigenvalue weighted by atomic mass is 15.3. The van der Waals surface area contributed by atoms with Crippen molar-refractivity contribution < 1.29 is 0 Å². The summed E-state index contributed by atoms with van der Waals surface area (Å²) in [5.41, 5.74) is 7.12. The van der Waals surface area contributed by atoms with Crippen molar-refractivity contribution >= 4 is 5.69 Å². The van der Waals surface area contributed by atoms with E-state index in [4.69, 9.17) is 5.73 Å². The topological polar surface area (TPSA) is 69.6 Å². The molecule has 0 radical (unpaired) electrons. The zero-order valence-electron chi connectivity index (χ0n) is 8.93. The van der Waals surface area contributed by atoms with E-state index in [2.05, 4.69) is 19.7 Å². The fourth-order valence-corrected chi connectivity index (χ4v) is 2.04. The number of pyridine rings is 1. The number of hydrogen-bond donors (Lipinski definition) is 1. The monoisotopic (exact) mass is 215 g/mol. The van der Waals surface area contributed by atoms with Crippen LogP contribution < -0.4 is 5.73 Å². The van der Waals surface area contributed by atoms with Crippen molar-refractivity contribution in [2.75, 3.05) is 5.73 Å². The molecule has 0 amide bonds. The molecule has 2 aromatic rings. The SMILES string of the molecule is Nc1ccc(-c2nnc3n2CCCC3)nc1. The third-order valence-electron chi connectivity index (χ3n) is 2.87. The summed E-state index contributed by atoms with van der Waals surface area (Å²) in [6.07, 6.45) is 5.06. The summed E-state index contributed by atoms with van der Waals surface area (Å²) in [7, 11) is 0. The molecule has 1 aliphatic heterocycles. The predicted molar refractivity (Wildman–Crippen MR) is 60.6 cm³/mol. The molecule has 82 valence electrons. The van der Waals surface area contributed by atoms with Gasteiger partial charge in [-0.1, -0.05) is 0 Å². The molecular weight excluding hydrogens is 202 g/mol. The number of aromatic nitrogens is 4. The van der Waals surface area contributed by atoms with E-state index in [1.807, 2.05) is 12.1 Å². The fourth-order valence-electron chi connectivity index (χ4n) is 2.04. The molecule has 0 atom stereocenters. The van der Waals surface area contributed by atoms with E-state index >= 15 is 0 Å². The van der Waals surface area contributed by atoms with Gasteiger partial charge in [-0.25, -0.2) is 0 Å². The Bertz CT molecular complexity index is 500. The van der Waals surface area contributed by atoms with Crippen LogP contribution in [0.15, 0.2) is 18.3 Å². The van der Waals surface area contributed by atoms with E-state index in [0.717, 1.165) is 30.3 Å². The Labute approximate surface area is 93.3 Å². The molecular formula is C11H13N5. The summed E-state index contributed by atoms with van der Waals surface area (Å²) in [6, 6.07) is 3.73. The van der Waals surface area contributed by atoms with Gasteiger partial charge >= 0.3 is 0 Å². The molecule has 3 heterocycles. The maximum atomic E-state index is 5.61. The number of hydrogen-bond acceptors (Lipinski definition) is 4. The van der Waals surface area contributed by atoms with Gasteiger partial charge in [-0.2, -0.15) is 0 Å². The summed E-state index contributed by atoms with van der Waals surface area (Å²) in [4.78, 5) is 4.28. The van der Waals surface area contributed by atoms with Crippen LogP contribution in [0.3, 0.4) is 0 Å². The molecule has 5 heteroatoms. The van der Waals surface area contributed by atoms with Gasteiger partial charge in [-0.3, -0.25) is 4.98 Å². The van der Waals surface area contributed by atoms with E-state index in [1.165, 1.54) is 12.8 Å². The van der Waals surface area contributed by atoms with Crippen molar-refractivity contribution in [3.63, 3.8) is 0 Å². The average molecular weight is 215 g/mol. The van der Waals surface area contributed by atoms with Gasteiger partial charge in [0.15, 0.2) is 5.82 Å². The number of nitrogens with two attached hydrogens (primary N) is 1. The number of nitrogens with zero attached hydrogens (tertiary/aromatic N) is 4. The van der Waals surface area contributed by atoms with Crippen molar-refractivity contribution in [2.45, 2.75) is 25.8 Å². The zero-order chi connectivity index (χ0) is 11.0. The number of aryl methyl sites for hydroxylation is 1. The molecule has 0 unspecified atom stereocenters. The second kappa shape index (κ2) is 3.59. The first kappa shape index (κ1) is 9.33. The largest absolute Gasteiger partial charge is 0.397 e. The molecule has 16 heavy (non-hydrogen) atoms. The third kappa shape index (κ3) is 1.44. The molecule has 0 saturated heterocycles. The van der Waals surface area contributed by atoms with Crippen molar-refractivity contribution in [1.29, 1.82) is 0 Å². The van der Waals surface area contributed by atoms with Crippen molar-refractivity contribution in [2.24, 2.45) is 0 Å². The summed E-state index contributed by atoms with van der Waals surface area (Å²) >= 11 is 0. The minimum atomic E-state index is 0.669. The van der Waals surface area contributed by atoms with Gasteiger partial charge in [-0.05, 0) is 25.0 Å². The Hall–Kier alpha value is -1.91. The van der Waals surface area contributed by atoms with E-state index in [9.17, 15) is 0 Å². The van der Waals surface area contributed by atoms with Crippen molar-refractivity contribution in [3.05, 3.63) is 24.2 Å². The second-order valence-electron chi connectivity index (χ2n) is 4.03. The number of fused-ring (bicyclic) bond motifs is 1. The molecule has 3 rings (SSSR count). The van der Waals surface area contributed by atoms with Crippen LogP contribution in [0.1, 0.15) is 18.7 Å².